The van der Waals surface area contributed by atoms with Crippen molar-refractivity contribution in [2.24, 2.45) is 5.73 Å². The Kier molecular flexibility index (Phi) is 8.99. The fourth-order valence-corrected chi connectivity index (χ4v) is 5.08. The Bertz CT molecular complexity index is 949. The second-order valence-electron chi connectivity index (χ2n) is 8.31. The highest BCUT2D eigenvalue weighted by Gasteiger charge is 2.38. The summed E-state index contributed by atoms with van der Waals surface area (Å²) in [5.74, 6) is -2.46. The summed E-state index contributed by atoms with van der Waals surface area (Å²) in [7, 11) is 0. The van der Waals surface area contributed by atoms with E-state index in [0.29, 0.717) is 38.6 Å². The third-order valence-corrected chi connectivity index (χ3v) is 6.97. The molecular formula is C24H31N3O5S. The van der Waals surface area contributed by atoms with E-state index in [0.717, 1.165) is 16.0 Å². The molecule has 178 valence electrons. The second-order valence-corrected chi connectivity index (χ2v) is 9.31. The van der Waals surface area contributed by atoms with Crippen LogP contribution in [0.2, 0.25) is 0 Å². The van der Waals surface area contributed by atoms with Gasteiger partial charge in [-0.1, -0.05) is 36.8 Å². The molecule has 5 N–H and O–H groups in total. The molecule has 0 saturated heterocycles. The molecule has 1 aromatic heterocycles. The van der Waals surface area contributed by atoms with Gasteiger partial charge in [-0.15, -0.1) is 11.3 Å². The number of carbonyl (C=O) groups excluding carboxylic acids is 1. The molecule has 2 aromatic rings. The van der Waals surface area contributed by atoms with Crippen LogP contribution in [0.5, 0.6) is 0 Å². The van der Waals surface area contributed by atoms with E-state index >= 15 is 0 Å². The number of nitrogens with two attached hydrogens (primary N) is 1. The summed E-state index contributed by atoms with van der Waals surface area (Å²) in [6.45, 7) is 0.691. The number of rotatable bonds is 12. The first-order valence-electron chi connectivity index (χ1n) is 11.2. The number of fused-ring (bicyclic) bond motifs is 1. The monoisotopic (exact) mass is 473 g/mol. The summed E-state index contributed by atoms with van der Waals surface area (Å²) in [6.07, 6.45) is 2.86. The molecule has 2 heterocycles. The van der Waals surface area contributed by atoms with Crippen LogP contribution >= 0.6 is 11.3 Å². The zero-order valence-electron chi connectivity index (χ0n) is 18.5. The summed E-state index contributed by atoms with van der Waals surface area (Å²) in [4.78, 5) is 39.8. The van der Waals surface area contributed by atoms with Gasteiger partial charge >= 0.3 is 11.9 Å². The topological polar surface area (TPSA) is 133 Å². The van der Waals surface area contributed by atoms with Gasteiger partial charge in [0, 0.05) is 11.3 Å². The zero-order chi connectivity index (χ0) is 23.8. The number of aryl methyl sites for hydroxylation is 1. The number of thiophene rings is 1. The maximum Gasteiger partial charge on any atom is 0.326 e. The molecule has 1 aliphatic heterocycles. The van der Waals surface area contributed by atoms with Crippen molar-refractivity contribution in [1.29, 1.82) is 0 Å². The second kappa shape index (κ2) is 11.9. The molecule has 9 heteroatoms. The summed E-state index contributed by atoms with van der Waals surface area (Å²) in [6, 6.07) is 8.79. The first-order chi connectivity index (χ1) is 15.9. The van der Waals surface area contributed by atoms with Crippen molar-refractivity contribution in [2.75, 3.05) is 6.54 Å². The zero-order valence-corrected chi connectivity index (χ0v) is 19.3. The smallest absolute Gasteiger partial charge is 0.326 e. The minimum atomic E-state index is -1.06. The van der Waals surface area contributed by atoms with Crippen LogP contribution in [0.25, 0.3) is 0 Å². The number of nitrogens with one attached hydrogen (secondary N) is 1. The Hall–Kier alpha value is -2.75. The van der Waals surface area contributed by atoms with Gasteiger partial charge in [0.15, 0.2) is 0 Å². The molecule has 0 spiro atoms. The van der Waals surface area contributed by atoms with Crippen molar-refractivity contribution in [3.8, 4) is 0 Å². The van der Waals surface area contributed by atoms with E-state index in [1.807, 2.05) is 41.8 Å². The summed E-state index contributed by atoms with van der Waals surface area (Å²) < 4.78 is 0. The molecule has 8 nitrogen and oxygen atoms in total. The van der Waals surface area contributed by atoms with Crippen molar-refractivity contribution in [3.05, 3.63) is 57.8 Å². The molecule has 33 heavy (non-hydrogen) atoms. The van der Waals surface area contributed by atoms with Crippen LogP contribution in [0.15, 0.2) is 41.8 Å². The van der Waals surface area contributed by atoms with Gasteiger partial charge in [-0.05, 0) is 54.8 Å². The van der Waals surface area contributed by atoms with Crippen LogP contribution < -0.4 is 11.1 Å². The largest absolute Gasteiger partial charge is 0.480 e. The maximum atomic E-state index is 13.6. The predicted octanol–water partition coefficient (Wildman–Crippen LogP) is 2.26. The number of hydrogen-bond acceptors (Lipinski definition) is 6. The fourth-order valence-electron chi connectivity index (χ4n) is 4.17. The number of nitrogens with zero attached hydrogens (tertiary/aromatic N) is 1. The summed E-state index contributed by atoms with van der Waals surface area (Å²) in [5.41, 5.74) is 7.58. The Morgan fingerprint density at radius 2 is 1.85 bits per heavy atom. The predicted molar refractivity (Wildman–Crippen MR) is 126 cm³/mol. The summed E-state index contributed by atoms with van der Waals surface area (Å²) >= 11 is 1.50. The van der Waals surface area contributed by atoms with Crippen LogP contribution in [0.3, 0.4) is 0 Å². The minimum Gasteiger partial charge on any atom is -0.480 e. The molecule has 0 bridgehead atoms. The number of unbranched alkanes of at least 4 members (excludes halogenated alkanes) is 1. The lowest BCUT2D eigenvalue weighted by atomic mass is 9.97. The number of benzene rings is 1. The lowest BCUT2D eigenvalue weighted by molar-refractivity contribution is -0.153. The number of amides is 1. The standard InChI is InChI=1S/C24H31N3O5S/c25-12-5-4-8-18(26-19(23(29)30)10-9-16-6-2-1-3-7-16)22(28)27-15-21-17(11-13-33-21)14-20(27)24(31)32/h1-3,6-7,11,13,18-20,26H,4-5,8-10,12,14-15,25H2,(H,29,30)(H,31,32)/t18-,19-,20-/m0/s1. The van der Waals surface area contributed by atoms with E-state index in [2.05, 4.69) is 5.32 Å². The first-order valence-corrected chi connectivity index (χ1v) is 12.1. The molecule has 0 unspecified atom stereocenters. The highest BCUT2D eigenvalue weighted by atomic mass is 32.1. The van der Waals surface area contributed by atoms with Gasteiger partial charge in [-0.3, -0.25) is 14.9 Å². The molecule has 0 radical (unpaired) electrons. The molecular weight excluding hydrogens is 442 g/mol. The molecule has 1 aromatic carbocycles. The van der Waals surface area contributed by atoms with E-state index in [4.69, 9.17) is 5.73 Å². The van der Waals surface area contributed by atoms with Gasteiger partial charge in [0.2, 0.25) is 5.91 Å². The van der Waals surface area contributed by atoms with Crippen molar-refractivity contribution in [2.45, 2.75) is 63.2 Å². The molecule has 0 fully saturated rings. The van der Waals surface area contributed by atoms with Crippen LogP contribution in [0.4, 0.5) is 0 Å². The Labute approximate surface area is 197 Å². The quantitative estimate of drug-likeness (QED) is 0.348. The van der Waals surface area contributed by atoms with Gasteiger partial charge in [0.05, 0.1) is 12.6 Å². The van der Waals surface area contributed by atoms with Crippen LogP contribution in [0.1, 0.15) is 41.7 Å². The number of hydrogen-bond donors (Lipinski definition) is 4. The average molecular weight is 474 g/mol. The molecule has 3 atom stereocenters. The highest BCUT2D eigenvalue weighted by Crippen LogP contribution is 2.29. The molecule has 0 saturated carbocycles. The lowest BCUT2D eigenvalue weighted by Crippen LogP contribution is -2.57. The Morgan fingerprint density at radius 3 is 2.52 bits per heavy atom. The van der Waals surface area contributed by atoms with Crippen molar-refractivity contribution in [3.63, 3.8) is 0 Å². The van der Waals surface area contributed by atoms with Gasteiger partial charge in [-0.25, -0.2) is 4.79 Å². The van der Waals surface area contributed by atoms with Crippen LogP contribution in [0, 0.1) is 0 Å². The normalized spacial score (nSPS) is 17.2. The van der Waals surface area contributed by atoms with Crippen molar-refractivity contribution >= 4 is 29.2 Å². The van der Waals surface area contributed by atoms with Crippen molar-refractivity contribution < 1.29 is 24.6 Å². The fraction of sp³-hybridized carbons (Fsp3) is 0.458. The molecule has 1 aliphatic rings. The Morgan fingerprint density at radius 1 is 1.09 bits per heavy atom. The number of aliphatic carboxylic acids is 2. The average Bonchev–Trinajstić information content (AvgIpc) is 3.27. The third kappa shape index (κ3) is 6.63. The Balaban J connectivity index is 1.77. The van der Waals surface area contributed by atoms with E-state index in [-0.39, 0.29) is 18.9 Å². The number of carboxylic acid groups (broad SMARTS) is 2. The van der Waals surface area contributed by atoms with Gasteiger partial charge in [-0.2, -0.15) is 0 Å². The van der Waals surface area contributed by atoms with E-state index < -0.39 is 30.1 Å². The minimum absolute atomic E-state index is 0.222. The molecule has 1 amide bonds. The number of carboxylic acids is 2. The third-order valence-electron chi connectivity index (χ3n) is 6.02. The van der Waals surface area contributed by atoms with E-state index in [1.54, 1.807) is 0 Å². The lowest BCUT2D eigenvalue weighted by Gasteiger charge is -2.36. The van der Waals surface area contributed by atoms with Crippen LogP contribution in [-0.2, 0) is 33.8 Å². The van der Waals surface area contributed by atoms with Gasteiger partial charge in [0.25, 0.3) is 0 Å². The molecule has 0 aliphatic carbocycles. The summed E-state index contributed by atoms with van der Waals surface area (Å²) in [5, 5.41) is 24.5. The maximum absolute atomic E-state index is 13.6. The number of carbonyl (C=O) groups is 3. The molecule has 3 rings (SSSR count). The van der Waals surface area contributed by atoms with E-state index in [1.165, 1.54) is 16.2 Å². The highest BCUT2D eigenvalue weighted by molar-refractivity contribution is 7.10. The SMILES string of the molecule is NCCCC[C@H](N[C@@H](CCc1ccccc1)C(=O)O)C(=O)N1Cc2sccc2C[C@H]1C(=O)O. The van der Waals surface area contributed by atoms with Gasteiger partial charge < -0.3 is 20.8 Å². The van der Waals surface area contributed by atoms with Gasteiger partial charge in [0.1, 0.15) is 12.1 Å². The first kappa shape index (κ1) is 24.9. The van der Waals surface area contributed by atoms with Crippen LogP contribution in [-0.4, -0.2) is 57.6 Å². The van der Waals surface area contributed by atoms with Crippen molar-refractivity contribution in [1.82, 2.24) is 10.2 Å². The van der Waals surface area contributed by atoms with E-state index in [9.17, 15) is 24.6 Å².